The molecule has 0 spiro atoms. The molecule has 0 unspecified atom stereocenters. The van der Waals surface area contributed by atoms with E-state index in [1.165, 1.54) is 0 Å². The number of hydrogen-bond donors (Lipinski definition) is 1. The maximum absolute atomic E-state index is 11.3. The van der Waals surface area contributed by atoms with E-state index in [9.17, 15) is 4.57 Å². The second-order valence-corrected chi connectivity index (χ2v) is 6.80. The van der Waals surface area contributed by atoms with Gasteiger partial charge >= 0.3 is 0 Å². The van der Waals surface area contributed by atoms with Gasteiger partial charge in [0, 0.05) is 6.54 Å². The molecule has 0 saturated carbocycles. The Morgan fingerprint density at radius 1 is 1.55 bits per heavy atom. The minimum Gasteiger partial charge on any atom is -0.373 e. The summed E-state index contributed by atoms with van der Waals surface area (Å²) in [5, 5.41) is 2.99. The second kappa shape index (κ2) is 4.89. The Bertz CT molecular complexity index is 175. The fourth-order valence-electron chi connectivity index (χ4n) is 0.562. The second-order valence-electron chi connectivity index (χ2n) is 2.94. The SMILES string of the molecule is CCCCNC(=S)P(C)(C)=O. The molecule has 0 bridgehead atoms. The molecule has 0 aromatic rings. The third-order valence-electron chi connectivity index (χ3n) is 1.30. The van der Waals surface area contributed by atoms with Gasteiger partial charge < -0.3 is 9.88 Å². The number of rotatable bonds is 4. The Balaban J connectivity index is 3.63. The average Bonchev–Trinajstić information content (AvgIpc) is 1.86. The molecule has 1 N–H and O–H groups in total. The zero-order chi connectivity index (χ0) is 8.91. The highest BCUT2D eigenvalue weighted by Gasteiger charge is 2.12. The number of thiocarbonyl (C=S) groups is 1. The van der Waals surface area contributed by atoms with E-state index in [0.29, 0.717) is 4.73 Å². The van der Waals surface area contributed by atoms with E-state index in [2.05, 4.69) is 12.2 Å². The van der Waals surface area contributed by atoms with E-state index in [1.54, 1.807) is 13.3 Å². The fourth-order valence-corrected chi connectivity index (χ4v) is 1.16. The summed E-state index contributed by atoms with van der Waals surface area (Å²) in [6.45, 7) is 6.34. The van der Waals surface area contributed by atoms with E-state index >= 15 is 0 Å². The van der Waals surface area contributed by atoms with Crippen molar-refractivity contribution < 1.29 is 4.57 Å². The first-order chi connectivity index (χ1) is 4.98. The van der Waals surface area contributed by atoms with Gasteiger partial charge in [-0.05, 0) is 19.8 Å². The summed E-state index contributed by atoms with van der Waals surface area (Å²) < 4.78 is 11.8. The van der Waals surface area contributed by atoms with Crippen molar-refractivity contribution in [2.75, 3.05) is 19.9 Å². The highest BCUT2D eigenvalue weighted by atomic mass is 32.1. The quantitative estimate of drug-likeness (QED) is 0.422. The van der Waals surface area contributed by atoms with Crippen molar-refractivity contribution in [1.82, 2.24) is 5.32 Å². The van der Waals surface area contributed by atoms with Crippen LogP contribution in [0.4, 0.5) is 0 Å². The molecule has 0 rings (SSSR count). The van der Waals surface area contributed by atoms with Gasteiger partial charge in [-0.1, -0.05) is 25.6 Å². The van der Waals surface area contributed by atoms with Gasteiger partial charge in [0.05, 0.1) is 0 Å². The minimum absolute atomic E-state index is 0.533. The highest BCUT2D eigenvalue weighted by Crippen LogP contribution is 2.36. The lowest BCUT2D eigenvalue weighted by atomic mass is 10.3. The van der Waals surface area contributed by atoms with E-state index in [0.717, 1.165) is 19.4 Å². The van der Waals surface area contributed by atoms with Crippen molar-refractivity contribution >= 4 is 24.1 Å². The van der Waals surface area contributed by atoms with E-state index in [1.807, 2.05) is 0 Å². The summed E-state index contributed by atoms with van der Waals surface area (Å²) in [7, 11) is -2.18. The van der Waals surface area contributed by atoms with Crippen LogP contribution in [0.25, 0.3) is 0 Å². The van der Waals surface area contributed by atoms with Crippen LogP contribution in [0.3, 0.4) is 0 Å². The summed E-state index contributed by atoms with van der Waals surface area (Å²) in [6, 6.07) is 0. The van der Waals surface area contributed by atoms with Crippen LogP contribution in [0.5, 0.6) is 0 Å². The lowest BCUT2D eigenvalue weighted by Crippen LogP contribution is -2.21. The summed E-state index contributed by atoms with van der Waals surface area (Å²) >= 11 is 4.93. The normalized spacial score (nSPS) is 11.2. The van der Waals surface area contributed by atoms with Crippen LogP contribution in [-0.2, 0) is 4.57 Å². The fraction of sp³-hybridized carbons (Fsp3) is 0.857. The predicted molar refractivity (Wildman–Crippen MR) is 55.0 cm³/mol. The zero-order valence-corrected chi connectivity index (χ0v) is 9.10. The Kier molecular flexibility index (Phi) is 4.94. The third kappa shape index (κ3) is 5.40. The van der Waals surface area contributed by atoms with Crippen LogP contribution in [0, 0.1) is 0 Å². The van der Waals surface area contributed by atoms with Gasteiger partial charge in [-0.3, -0.25) is 0 Å². The summed E-state index contributed by atoms with van der Waals surface area (Å²) in [6.07, 6.45) is 2.22. The Labute approximate surface area is 74.1 Å². The molecule has 66 valence electrons. The highest BCUT2D eigenvalue weighted by molar-refractivity contribution is 8.00. The Morgan fingerprint density at radius 3 is 2.45 bits per heavy atom. The van der Waals surface area contributed by atoms with Gasteiger partial charge in [-0.15, -0.1) is 0 Å². The molecule has 0 aromatic carbocycles. The molecule has 0 aliphatic rings. The Morgan fingerprint density at radius 2 is 2.09 bits per heavy atom. The molecule has 0 saturated heterocycles. The molecule has 0 fully saturated rings. The van der Waals surface area contributed by atoms with Gasteiger partial charge in [0.25, 0.3) is 0 Å². The predicted octanol–water partition coefficient (Wildman–Crippen LogP) is 2.28. The van der Waals surface area contributed by atoms with Gasteiger partial charge in [-0.2, -0.15) is 0 Å². The Hall–Kier alpha value is 0.120. The molecule has 11 heavy (non-hydrogen) atoms. The van der Waals surface area contributed by atoms with Crippen LogP contribution in [-0.4, -0.2) is 24.6 Å². The average molecular weight is 193 g/mol. The molecule has 0 aliphatic carbocycles. The largest absolute Gasteiger partial charge is 0.373 e. The number of unbranched alkanes of at least 4 members (excludes halogenated alkanes) is 1. The minimum atomic E-state index is -2.18. The van der Waals surface area contributed by atoms with Gasteiger partial charge in [0.15, 0.2) is 0 Å². The maximum Gasteiger partial charge on any atom is 0.136 e. The monoisotopic (exact) mass is 193 g/mol. The van der Waals surface area contributed by atoms with Crippen molar-refractivity contribution in [3.05, 3.63) is 0 Å². The van der Waals surface area contributed by atoms with E-state index in [-0.39, 0.29) is 0 Å². The van der Waals surface area contributed by atoms with Crippen molar-refractivity contribution in [2.45, 2.75) is 19.8 Å². The van der Waals surface area contributed by atoms with Crippen LogP contribution >= 0.6 is 19.4 Å². The summed E-state index contributed by atoms with van der Waals surface area (Å²) in [5.74, 6) is 0. The molecular formula is C7H16NOPS. The van der Waals surface area contributed by atoms with Crippen molar-refractivity contribution in [3.8, 4) is 0 Å². The molecule has 0 heterocycles. The van der Waals surface area contributed by atoms with Crippen LogP contribution in [0.1, 0.15) is 19.8 Å². The molecule has 2 nitrogen and oxygen atoms in total. The van der Waals surface area contributed by atoms with E-state index < -0.39 is 7.14 Å². The molecule has 0 atom stereocenters. The molecule has 0 aliphatic heterocycles. The lowest BCUT2D eigenvalue weighted by Gasteiger charge is -2.10. The third-order valence-corrected chi connectivity index (χ3v) is 3.90. The van der Waals surface area contributed by atoms with Crippen molar-refractivity contribution in [2.24, 2.45) is 0 Å². The van der Waals surface area contributed by atoms with Gasteiger partial charge in [0.2, 0.25) is 0 Å². The summed E-state index contributed by atoms with van der Waals surface area (Å²) in [4.78, 5) is 0. The smallest absolute Gasteiger partial charge is 0.136 e. The molecular weight excluding hydrogens is 177 g/mol. The van der Waals surface area contributed by atoms with Crippen LogP contribution in [0.2, 0.25) is 0 Å². The van der Waals surface area contributed by atoms with Gasteiger partial charge in [-0.25, -0.2) is 0 Å². The lowest BCUT2D eigenvalue weighted by molar-refractivity contribution is 0.589. The van der Waals surface area contributed by atoms with Gasteiger partial charge in [0.1, 0.15) is 11.9 Å². The van der Waals surface area contributed by atoms with Crippen LogP contribution in [0.15, 0.2) is 0 Å². The zero-order valence-electron chi connectivity index (χ0n) is 7.39. The first kappa shape index (κ1) is 11.1. The molecule has 0 aromatic heterocycles. The first-order valence-electron chi connectivity index (χ1n) is 3.82. The van der Waals surface area contributed by atoms with E-state index in [4.69, 9.17) is 12.2 Å². The number of hydrogen-bond acceptors (Lipinski definition) is 2. The first-order valence-corrected chi connectivity index (χ1v) is 6.82. The molecule has 4 heteroatoms. The van der Waals surface area contributed by atoms with Crippen LogP contribution < -0.4 is 5.32 Å². The van der Waals surface area contributed by atoms with Crippen molar-refractivity contribution in [1.29, 1.82) is 0 Å². The number of nitrogens with one attached hydrogen (secondary N) is 1. The molecule has 0 amide bonds. The topological polar surface area (TPSA) is 29.1 Å². The summed E-state index contributed by atoms with van der Waals surface area (Å²) in [5.41, 5.74) is 0. The molecule has 0 radical (unpaired) electrons. The van der Waals surface area contributed by atoms with Crippen molar-refractivity contribution in [3.63, 3.8) is 0 Å². The maximum atomic E-state index is 11.3. The standard InChI is InChI=1S/C7H16NOPS/c1-4-5-6-8-7(11)10(2,3)9/h4-6H2,1-3H3,(H,8,11).